The van der Waals surface area contributed by atoms with E-state index in [1.54, 1.807) is 0 Å². The number of amides is 3. The van der Waals surface area contributed by atoms with E-state index in [2.05, 4.69) is 10.3 Å². The van der Waals surface area contributed by atoms with Crippen molar-refractivity contribution in [2.75, 3.05) is 18.5 Å². The molecule has 1 saturated carbocycles. The number of nitrogens with zero attached hydrogens (tertiary/aromatic N) is 2. The number of ether oxygens (including phenoxy) is 1. The lowest BCUT2D eigenvalue weighted by molar-refractivity contribution is -0.168. The van der Waals surface area contributed by atoms with Crippen LogP contribution in [0.2, 0.25) is 0 Å². The van der Waals surface area contributed by atoms with Crippen LogP contribution in [0, 0.1) is 23.7 Å². The topological polar surface area (TPSA) is 88.6 Å². The molecular weight excluding hydrogens is 426 g/mol. The molecule has 2 aromatic rings. The van der Waals surface area contributed by atoms with Gasteiger partial charge in [-0.1, -0.05) is 20.8 Å². The van der Waals surface area contributed by atoms with E-state index in [1.807, 2.05) is 58.9 Å². The number of carbonyl (C=O) groups is 3. The SMILES string of the molecule is CCOc1ccc(-c2nc(NC(=O)CN3C(=O)C4CCC(C)(C3=O)C4(C)C)sc2C)cc1. The molecule has 1 aliphatic heterocycles. The first kappa shape index (κ1) is 22.5. The number of likely N-dealkylation sites (tertiary alicyclic amines) is 1. The maximum atomic E-state index is 13.1. The summed E-state index contributed by atoms with van der Waals surface area (Å²) in [7, 11) is 0. The predicted octanol–water partition coefficient (Wildman–Crippen LogP) is 4.27. The molecule has 3 amide bonds. The lowest BCUT2D eigenvalue weighted by Gasteiger charge is -2.47. The number of carbonyl (C=O) groups excluding carboxylic acids is 3. The summed E-state index contributed by atoms with van der Waals surface area (Å²) in [6.07, 6.45) is 1.35. The van der Waals surface area contributed by atoms with Gasteiger partial charge in [-0.15, -0.1) is 11.3 Å². The van der Waals surface area contributed by atoms with E-state index < -0.39 is 16.7 Å². The number of hydrogen-bond donors (Lipinski definition) is 1. The van der Waals surface area contributed by atoms with Crippen LogP contribution in [0.4, 0.5) is 5.13 Å². The molecule has 7 nitrogen and oxygen atoms in total. The number of anilines is 1. The van der Waals surface area contributed by atoms with Crippen LogP contribution in [0.15, 0.2) is 24.3 Å². The van der Waals surface area contributed by atoms with Crippen LogP contribution in [0.5, 0.6) is 5.75 Å². The number of imide groups is 1. The van der Waals surface area contributed by atoms with Crippen LogP contribution in [0.3, 0.4) is 0 Å². The average Bonchev–Trinajstić information content (AvgIpc) is 3.19. The number of hydrogen-bond acceptors (Lipinski definition) is 6. The highest BCUT2D eigenvalue weighted by Crippen LogP contribution is 2.60. The Hall–Kier alpha value is -2.74. The molecule has 2 aliphatic rings. The molecule has 1 aliphatic carbocycles. The summed E-state index contributed by atoms with van der Waals surface area (Å²) in [6.45, 7) is 10.1. The van der Waals surface area contributed by atoms with Crippen molar-refractivity contribution < 1.29 is 19.1 Å². The second kappa shape index (κ2) is 7.99. The minimum atomic E-state index is -0.621. The number of thiazole rings is 1. The maximum absolute atomic E-state index is 13.1. The van der Waals surface area contributed by atoms with Gasteiger partial charge in [-0.2, -0.15) is 0 Å². The van der Waals surface area contributed by atoms with E-state index in [0.717, 1.165) is 26.8 Å². The van der Waals surface area contributed by atoms with Crippen molar-refractivity contribution in [2.45, 2.75) is 47.5 Å². The van der Waals surface area contributed by atoms with Gasteiger partial charge in [0.25, 0.3) is 0 Å². The zero-order valence-corrected chi connectivity index (χ0v) is 20.0. The summed E-state index contributed by atoms with van der Waals surface area (Å²) >= 11 is 1.37. The lowest BCUT2D eigenvalue weighted by Crippen LogP contribution is -2.60. The highest BCUT2D eigenvalue weighted by Gasteiger charge is 2.64. The Morgan fingerprint density at radius 2 is 1.94 bits per heavy atom. The molecule has 32 heavy (non-hydrogen) atoms. The fourth-order valence-electron chi connectivity index (χ4n) is 4.95. The minimum Gasteiger partial charge on any atom is -0.494 e. The Bertz CT molecular complexity index is 1080. The molecule has 2 atom stereocenters. The summed E-state index contributed by atoms with van der Waals surface area (Å²) in [5.74, 6) is -0.343. The van der Waals surface area contributed by atoms with E-state index in [1.165, 1.54) is 11.3 Å². The van der Waals surface area contributed by atoms with E-state index in [-0.39, 0.29) is 24.3 Å². The third-order valence-electron chi connectivity index (χ3n) is 7.29. The van der Waals surface area contributed by atoms with E-state index in [9.17, 15) is 14.4 Å². The Morgan fingerprint density at radius 3 is 2.59 bits per heavy atom. The van der Waals surface area contributed by atoms with Gasteiger partial charge in [0.15, 0.2) is 5.13 Å². The molecular formula is C24H29N3O4S. The number of aromatic nitrogens is 1. The van der Waals surface area contributed by atoms with Gasteiger partial charge in [0.2, 0.25) is 17.7 Å². The van der Waals surface area contributed by atoms with Gasteiger partial charge in [-0.3, -0.25) is 19.3 Å². The number of rotatable bonds is 6. The van der Waals surface area contributed by atoms with Crippen LogP contribution >= 0.6 is 11.3 Å². The highest BCUT2D eigenvalue weighted by molar-refractivity contribution is 7.16. The van der Waals surface area contributed by atoms with E-state index in [4.69, 9.17) is 4.74 Å². The molecule has 0 spiro atoms. The standard InChI is InChI=1S/C24H29N3O4S/c1-6-31-16-9-7-15(8-10-16)19-14(2)32-22(26-19)25-18(28)13-27-20(29)17-11-12-24(5,21(27)30)23(17,3)4/h7-10,17H,6,11-13H2,1-5H3,(H,25,26,28). The quantitative estimate of drug-likeness (QED) is 0.657. The number of nitrogens with one attached hydrogen (secondary N) is 1. The van der Waals surface area contributed by atoms with Crippen molar-refractivity contribution in [3.8, 4) is 17.0 Å². The Balaban J connectivity index is 1.47. The zero-order chi connectivity index (χ0) is 23.3. The second-order valence-electron chi connectivity index (χ2n) is 9.30. The second-order valence-corrected chi connectivity index (χ2v) is 10.5. The summed E-state index contributed by atoms with van der Waals surface area (Å²) in [5, 5.41) is 3.22. The number of piperidine rings is 1. The first-order chi connectivity index (χ1) is 15.1. The maximum Gasteiger partial charge on any atom is 0.246 e. The highest BCUT2D eigenvalue weighted by atomic mass is 32.1. The van der Waals surface area contributed by atoms with Crippen molar-refractivity contribution in [2.24, 2.45) is 16.7 Å². The van der Waals surface area contributed by atoms with Gasteiger partial charge in [0, 0.05) is 16.4 Å². The van der Waals surface area contributed by atoms with Crippen molar-refractivity contribution in [1.29, 1.82) is 0 Å². The molecule has 8 heteroatoms. The molecule has 2 unspecified atom stereocenters. The number of benzene rings is 1. The largest absolute Gasteiger partial charge is 0.494 e. The van der Waals surface area contributed by atoms with Crippen LogP contribution < -0.4 is 10.1 Å². The molecule has 2 fully saturated rings. The molecule has 170 valence electrons. The van der Waals surface area contributed by atoms with Gasteiger partial charge in [-0.25, -0.2) is 4.98 Å². The molecule has 1 aromatic carbocycles. The van der Waals surface area contributed by atoms with Crippen molar-refractivity contribution in [3.05, 3.63) is 29.1 Å². The molecule has 1 saturated heterocycles. The van der Waals surface area contributed by atoms with Gasteiger partial charge in [0.05, 0.1) is 17.7 Å². The molecule has 1 aromatic heterocycles. The fraction of sp³-hybridized carbons (Fsp3) is 0.500. The number of aryl methyl sites for hydroxylation is 1. The number of fused-ring (bicyclic) bond motifs is 2. The van der Waals surface area contributed by atoms with Crippen LogP contribution in [0.25, 0.3) is 11.3 Å². The fourth-order valence-corrected chi connectivity index (χ4v) is 5.80. The van der Waals surface area contributed by atoms with Crippen molar-refractivity contribution in [1.82, 2.24) is 9.88 Å². The molecule has 0 radical (unpaired) electrons. The summed E-state index contributed by atoms with van der Waals surface area (Å²) in [4.78, 5) is 45.5. The molecule has 4 rings (SSSR count). The average molecular weight is 456 g/mol. The van der Waals surface area contributed by atoms with Crippen LogP contribution in [0.1, 0.15) is 45.4 Å². The van der Waals surface area contributed by atoms with E-state index in [0.29, 0.717) is 24.6 Å². The Labute approximate surface area is 192 Å². The monoisotopic (exact) mass is 455 g/mol. The predicted molar refractivity (Wildman–Crippen MR) is 123 cm³/mol. The van der Waals surface area contributed by atoms with Gasteiger partial charge in [0.1, 0.15) is 12.3 Å². The molecule has 2 heterocycles. The lowest BCUT2D eigenvalue weighted by atomic mass is 9.62. The smallest absolute Gasteiger partial charge is 0.246 e. The minimum absolute atomic E-state index is 0.230. The first-order valence-electron chi connectivity index (χ1n) is 10.9. The first-order valence-corrected chi connectivity index (χ1v) is 11.8. The summed E-state index contributed by atoms with van der Waals surface area (Å²) < 4.78 is 5.48. The van der Waals surface area contributed by atoms with Gasteiger partial charge in [-0.05, 0) is 56.4 Å². The van der Waals surface area contributed by atoms with Gasteiger partial charge >= 0.3 is 0 Å². The Morgan fingerprint density at radius 1 is 1.25 bits per heavy atom. The third kappa shape index (κ3) is 3.50. The van der Waals surface area contributed by atoms with Crippen molar-refractivity contribution >= 4 is 34.2 Å². The van der Waals surface area contributed by atoms with Crippen LogP contribution in [-0.4, -0.2) is 40.8 Å². The van der Waals surface area contributed by atoms with Crippen molar-refractivity contribution in [3.63, 3.8) is 0 Å². The molecule has 2 bridgehead atoms. The molecule has 1 N–H and O–H groups in total. The Kier molecular flexibility index (Phi) is 5.61. The normalized spacial score (nSPS) is 24.0. The van der Waals surface area contributed by atoms with E-state index >= 15 is 0 Å². The third-order valence-corrected chi connectivity index (χ3v) is 8.18. The zero-order valence-electron chi connectivity index (χ0n) is 19.2. The van der Waals surface area contributed by atoms with Crippen LogP contribution in [-0.2, 0) is 14.4 Å². The van der Waals surface area contributed by atoms with Gasteiger partial charge < -0.3 is 10.1 Å². The summed E-state index contributed by atoms with van der Waals surface area (Å²) in [6, 6.07) is 7.64. The summed E-state index contributed by atoms with van der Waals surface area (Å²) in [5.41, 5.74) is 0.694.